The van der Waals surface area contributed by atoms with Crippen LogP contribution in [0.1, 0.15) is 83.6 Å². The van der Waals surface area contributed by atoms with Gasteiger partial charge in [-0.1, -0.05) is 88.4 Å². The molecule has 0 spiro atoms. The zero-order valence-corrected chi connectivity index (χ0v) is 23.9. The van der Waals surface area contributed by atoms with Crippen LogP contribution in [0.2, 0.25) is 5.02 Å². The van der Waals surface area contributed by atoms with Crippen molar-refractivity contribution < 1.29 is 9.53 Å². The number of hydrogen-bond donors (Lipinski definition) is 2. The lowest BCUT2D eigenvalue weighted by Gasteiger charge is -2.16. The van der Waals surface area contributed by atoms with E-state index in [0.29, 0.717) is 23.1 Å². The minimum absolute atomic E-state index is 0.310. The second-order valence-electron chi connectivity index (χ2n) is 9.71. The van der Waals surface area contributed by atoms with Gasteiger partial charge in [-0.3, -0.25) is 0 Å². The average molecular weight is 544 g/mol. The molecule has 202 valence electrons. The maximum absolute atomic E-state index is 12.7. The van der Waals surface area contributed by atoms with Crippen molar-refractivity contribution in [3.05, 3.63) is 64.2 Å². The first-order chi connectivity index (χ1) is 18.0. The first-order valence-electron chi connectivity index (χ1n) is 13.7. The van der Waals surface area contributed by atoms with Crippen LogP contribution in [-0.2, 0) is 6.54 Å². The largest absolute Gasteiger partial charge is 0.491 e. The Kier molecular flexibility index (Phi) is 13.1. The van der Waals surface area contributed by atoms with Crippen LogP contribution in [0.3, 0.4) is 0 Å². The number of nitrogens with one attached hydrogen (secondary N) is 2. The van der Waals surface area contributed by atoms with Gasteiger partial charge in [0.15, 0.2) is 0 Å². The third-order valence-corrected chi connectivity index (χ3v) is 7.60. The molecule has 0 unspecified atom stereocenters. The summed E-state index contributed by atoms with van der Waals surface area (Å²) in [4.78, 5) is 16.3. The fourth-order valence-electron chi connectivity index (χ4n) is 4.36. The van der Waals surface area contributed by atoms with E-state index in [0.717, 1.165) is 36.5 Å². The van der Waals surface area contributed by atoms with E-state index in [1.165, 1.54) is 56.3 Å². The van der Waals surface area contributed by atoms with Gasteiger partial charge in [-0.25, -0.2) is 4.79 Å². The van der Waals surface area contributed by atoms with Gasteiger partial charge in [-0.2, -0.15) is 0 Å². The van der Waals surface area contributed by atoms with Crippen molar-refractivity contribution in [1.29, 1.82) is 0 Å². The fraction of sp³-hybridized carbons (Fsp3) is 0.500. The molecule has 1 aliphatic rings. The summed E-state index contributed by atoms with van der Waals surface area (Å²) >= 11 is 8.05. The fourth-order valence-corrected chi connectivity index (χ4v) is 5.29. The number of carbonyl (C=O) groups excluding carboxylic acids is 1. The van der Waals surface area contributed by atoms with Crippen molar-refractivity contribution in [3.8, 4) is 5.75 Å². The highest BCUT2D eigenvalue weighted by atomic mass is 35.5. The second-order valence-corrected chi connectivity index (χ2v) is 11.3. The number of ether oxygens (including phenoxy) is 1. The van der Waals surface area contributed by atoms with Crippen molar-refractivity contribution in [2.75, 3.05) is 23.1 Å². The number of hydrogen-bond acceptors (Lipinski definition) is 4. The molecule has 0 saturated heterocycles. The summed E-state index contributed by atoms with van der Waals surface area (Å²) < 4.78 is 6.00. The highest BCUT2D eigenvalue weighted by molar-refractivity contribution is 8.03. The van der Waals surface area contributed by atoms with Gasteiger partial charge in [-0.05, 0) is 48.1 Å². The molecule has 0 fully saturated rings. The lowest BCUT2D eigenvalue weighted by Crippen LogP contribution is -2.20. The topological polar surface area (TPSA) is 53.6 Å². The molecular formula is C30H42ClN3O2S. The Bertz CT molecular complexity index is 1010. The molecule has 0 aliphatic carbocycles. The summed E-state index contributed by atoms with van der Waals surface area (Å²) in [6.45, 7) is 5.81. The molecule has 2 aromatic rings. The molecule has 0 aromatic heterocycles. The van der Waals surface area contributed by atoms with Gasteiger partial charge in [-0.15, -0.1) is 11.8 Å². The van der Waals surface area contributed by atoms with E-state index in [2.05, 4.69) is 41.6 Å². The number of allylic oxidation sites excluding steroid dienone is 1. The van der Waals surface area contributed by atoms with Crippen molar-refractivity contribution in [3.63, 3.8) is 0 Å². The van der Waals surface area contributed by atoms with E-state index in [1.54, 1.807) is 18.2 Å². The molecule has 1 heterocycles. The Labute approximate surface area is 232 Å². The van der Waals surface area contributed by atoms with E-state index in [4.69, 9.17) is 16.3 Å². The van der Waals surface area contributed by atoms with Gasteiger partial charge in [0.2, 0.25) is 0 Å². The lowest BCUT2D eigenvalue weighted by atomic mass is 10.1. The summed E-state index contributed by atoms with van der Waals surface area (Å²) in [5.41, 5.74) is 2.51. The van der Waals surface area contributed by atoms with E-state index < -0.39 is 0 Å². The molecule has 0 saturated carbocycles. The van der Waals surface area contributed by atoms with Crippen LogP contribution in [0.5, 0.6) is 5.75 Å². The number of benzene rings is 2. The molecule has 37 heavy (non-hydrogen) atoms. The van der Waals surface area contributed by atoms with Gasteiger partial charge in [0.05, 0.1) is 18.2 Å². The summed E-state index contributed by atoms with van der Waals surface area (Å²) in [6, 6.07) is 12.9. The lowest BCUT2D eigenvalue weighted by molar-refractivity contribution is 0.261. The zero-order chi connectivity index (χ0) is 26.3. The molecule has 0 radical (unpaired) electrons. The highest BCUT2D eigenvalue weighted by Crippen LogP contribution is 2.29. The first-order valence-corrected chi connectivity index (χ1v) is 15.0. The summed E-state index contributed by atoms with van der Waals surface area (Å²) in [7, 11) is 0. The maximum atomic E-state index is 12.7. The number of halogens is 1. The Hall–Kier alpha value is -2.31. The molecular weight excluding hydrogens is 502 g/mol. The van der Waals surface area contributed by atoms with Crippen LogP contribution in [0.15, 0.2) is 53.6 Å². The van der Waals surface area contributed by atoms with E-state index in [1.807, 2.05) is 30.0 Å². The van der Waals surface area contributed by atoms with Gasteiger partial charge < -0.3 is 20.3 Å². The molecule has 1 aliphatic heterocycles. The minimum atomic E-state index is -0.310. The maximum Gasteiger partial charge on any atom is 0.323 e. The van der Waals surface area contributed by atoms with E-state index >= 15 is 0 Å². The van der Waals surface area contributed by atoms with E-state index in [9.17, 15) is 4.79 Å². The van der Waals surface area contributed by atoms with Crippen molar-refractivity contribution in [2.24, 2.45) is 0 Å². The van der Waals surface area contributed by atoms with Crippen LogP contribution in [-0.4, -0.2) is 23.4 Å². The Morgan fingerprint density at radius 3 is 2.41 bits per heavy atom. The van der Waals surface area contributed by atoms with Gasteiger partial charge in [0.25, 0.3) is 0 Å². The molecule has 7 heteroatoms. The number of nitrogens with zero attached hydrogens (tertiary/aromatic N) is 1. The van der Waals surface area contributed by atoms with Crippen molar-refractivity contribution in [2.45, 2.75) is 84.6 Å². The smallest absolute Gasteiger partial charge is 0.323 e. The number of urea groups is 1. The minimum Gasteiger partial charge on any atom is -0.491 e. The van der Waals surface area contributed by atoms with E-state index in [-0.39, 0.29) is 6.03 Å². The third-order valence-electron chi connectivity index (χ3n) is 6.34. The first kappa shape index (κ1) is 29.2. The predicted molar refractivity (Wildman–Crippen MR) is 160 cm³/mol. The summed E-state index contributed by atoms with van der Waals surface area (Å²) in [6.07, 6.45) is 15.0. The number of rotatable bonds is 16. The Morgan fingerprint density at radius 2 is 1.70 bits per heavy atom. The number of amides is 2. The molecule has 0 bridgehead atoms. The standard InChI is InChI=1S/C30H42ClN3O2S/c1-3-4-5-6-7-8-9-10-11-12-18-36-29-20-26(31)16-17-28(29)33-30(35)32-27-15-13-14-25(19-27)22-34-21-24(2)37-23-34/h13-17,19-21H,3-12,18,22-23H2,1-2H3,(H2,32,33,35). The molecule has 0 atom stereocenters. The third kappa shape index (κ3) is 11.3. The molecule has 3 rings (SSSR count). The van der Waals surface area contributed by atoms with Crippen LogP contribution in [0.25, 0.3) is 0 Å². The van der Waals surface area contributed by atoms with Crippen LogP contribution >= 0.6 is 23.4 Å². The average Bonchev–Trinajstić information content (AvgIpc) is 3.28. The van der Waals surface area contributed by atoms with Gasteiger partial charge >= 0.3 is 6.03 Å². The van der Waals surface area contributed by atoms with Crippen LogP contribution in [0, 0.1) is 0 Å². The monoisotopic (exact) mass is 543 g/mol. The number of carbonyl (C=O) groups is 1. The number of anilines is 2. The van der Waals surface area contributed by atoms with Crippen LogP contribution in [0.4, 0.5) is 16.2 Å². The second kappa shape index (κ2) is 16.5. The number of unbranched alkanes of at least 4 members (excludes halogenated alkanes) is 9. The Balaban J connectivity index is 1.41. The van der Waals surface area contributed by atoms with Gasteiger partial charge in [0, 0.05) is 29.5 Å². The summed E-state index contributed by atoms with van der Waals surface area (Å²) in [5.74, 6) is 1.56. The van der Waals surface area contributed by atoms with Gasteiger partial charge in [0.1, 0.15) is 5.75 Å². The highest BCUT2D eigenvalue weighted by Gasteiger charge is 2.12. The SMILES string of the molecule is CCCCCCCCCCCCOc1cc(Cl)ccc1NC(=O)Nc1cccc(CN2C=C(C)SC2)c1. The molecule has 2 aromatic carbocycles. The summed E-state index contributed by atoms with van der Waals surface area (Å²) in [5, 5.41) is 6.44. The predicted octanol–water partition coefficient (Wildman–Crippen LogP) is 9.65. The molecule has 5 nitrogen and oxygen atoms in total. The quantitative estimate of drug-likeness (QED) is 0.207. The Morgan fingerprint density at radius 1 is 0.973 bits per heavy atom. The van der Waals surface area contributed by atoms with Crippen LogP contribution < -0.4 is 15.4 Å². The molecule has 2 amide bonds. The van der Waals surface area contributed by atoms with Crippen molar-refractivity contribution >= 4 is 40.8 Å². The number of thioether (sulfide) groups is 1. The normalized spacial score (nSPS) is 12.9. The molecule has 2 N–H and O–H groups in total. The van der Waals surface area contributed by atoms with Crippen molar-refractivity contribution in [1.82, 2.24) is 4.90 Å². The zero-order valence-electron chi connectivity index (χ0n) is 22.4.